The van der Waals surface area contributed by atoms with E-state index in [9.17, 15) is 4.79 Å². The molecule has 0 aromatic heterocycles. The molecule has 0 radical (unpaired) electrons. The molecule has 1 amide bonds. The summed E-state index contributed by atoms with van der Waals surface area (Å²) in [7, 11) is 0. The third-order valence-corrected chi connectivity index (χ3v) is 4.33. The normalized spacial score (nSPS) is 15.4. The number of hydrogen-bond donors (Lipinski definition) is 2. The quantitative estimate of drug-likeness (QED) is 0.865. The highest BCUT2D eigenvalue weighted by Crippen LogP contribution is 2.28. The molecule has 1 saturated carbocycles. The molecule has 0 saturated heterocycles. The largest absolute Gasteiger partial charge is 0.457 e. The van der Waals surface area contributed by atoms with Crippen molar-refractivity contribution in [2.75, 3.05) is 0 Å². The summed E-state index contributed by atoms with van der Waals surface area (Å²) in [5.41, 5.74) is 6.42. The number of carbonyl (C=O) groups excluding carboxylic acids is 1. The highest BCUT2D eigenvalue weighted by atomic mass is 35.5. The van der Waals surface area contributed by atoms with Gasteiger partial charge in [-0.1, -0.05) is 49.2 Å². The van der Waals surface area contributed by atoms with E-state index >= 15 is 0 Å². The van der Waals surface area contributed by atoms with Gasteiger partial charge in [0.15, 0.2) is 0 Å². The summed E-state index contributed by atoms with van der Waals surface area (Å²) in [6.45, 7) is 0.417. The second-order valence-electron chi connectivity index (χ2n) is 6.07. The Balaban J connectivity index is 0.00000208. The number of nitrogens with one attached hydrogen (secondary N) is 1. The smallest absolute Gasteiger partial charge is 0.240 e. The van der Waals surface area contributed by atoms with Gasteiger partial charge >= 0.3 is 0 Å². The molecule has 1 aliphatic rings. The first-order valence-electron chi connectivity index (χ1n) is 8.05. The maximum absolute atomic E-state index is 12.3. The van der Waals surface area contributed by atoms with Crippen LogP contribution in [0.25, 0.3) is 0 Å². The van der Waals surface area contributed by atoms with Gasteiger partial charge in [0, 0.05) is 12.1 Å². The van der Waals surface area contributed by atoms with Crippen LogP contribution in [0.5, 0.6) is 11.5 Å². The molecule has 1 aliphatic carbocycles. The molecule has 3 rings (SSSR count). The van der Waals surface area contributed by atoms with Gasteiger partial charge in [0.2, 0.25) is 5.91 Å². The Kier molecular flexibility index (Phi) is 6.23. The Bertz CT molecular complexity index is 670. The van der Waals surface area contributed by atoms with Crippen LogP contribution in [0.1, 0.15) is 31.2 Å². The van der Waals surface area contributed by atoms with Gasteiger partial charge in [0.1, 0.15) is 11.5 Å². The zero-order valence-corrected chi connectivity index (χ0v) is 14.4. The Labute approximate surface area is 148 Å². The highest BCUT2D eigenvalue weighted by Gasteiger charge is 2.36. The average molecular weight is 347 g/mol. The Morgan fingerprint density at radius 3 is 2.38 bits per heavy atom. The van der Waals surface area contributed by atoms with E-state index in [0.717, 1.165) is 42.7 Å². The summed E-state index contributed by atoms with van der Waals surface area (Å²) >= 11 is 0. The topological polar surface area (TPSA) is 64.4 Å². The lowest BCUT2D eigenvalue weighted by Gasteiger charge is -2.22. The van der Waals surface area contributed by atoms with Gasteiger partial charge in [-0.15, -0.1) is 12.4 Å². The van der Waals surface area contributed by atoms with Crippen LogP contribution in [0.3, 0.4) is 0 Å². The van der Waals surface area contributed by atoms with E-state index in [0.29, 0.717) is 6.54 Å². The van der Waals surface area contributed by atoms with E-state index in [4.69, 9.17) is 10.5 Å². The fourth-order valence-corrected chi connectivity index (χ4v) is 2.95. The number of carbonyl (C=O) groups is 1. The van der Waals surface area contributed by atoms with Crippen molar-refractivity contribution in [2.45, 2.75) is 37.8 Å². The van der Waals surface area contributed by atoms with Crippen LogP contribution >= 0.6 is 12.4 Å². The molecule has 0 unspecified atom stereocenters. The molecule has 0 spiro atoms. The van der Waals surface area contributed by atoms with Gasteiger partial charge in [-0.25, -0.2) is 0 Å². The first-order chi connectivity index (χ1) is 11.2. The van der Waals surface area contributed by atoms with Crippen LogP contribution in [0.4, 0.5) is 0 Å². The highest BCUT2D eigenvalue weighted by molar-refractivity contribution is 5.86. The summed E-state index contributed by atoms with van der Waals surface area (Å²) in [6.07, 6.45) is 3.58. The number of hydrogen-bond acceptors (Lipinski definition) is 3. The van der Waals surface area contributed by atoms with Gasteiger partial charge < -0.3 is 15.8 Å². The molecular weight excluding hydrogens is 324 g/mol. The molecule has 24 heavy (non-hydrogen) atoms. The van der Waals surface area contributed by atoms with Crippen LogP contribution in [-0.4, -0.2) is 11.4 Å². The van der Waals surface area contributed by atoms with Crippen LogP contribution in [0.2, 0.25) is 0 Å². The standard InChI is InChI=1S/C19H22N2O2.ClH/c20-19(12-6-7-13-19)18(22)21-14-15-8-4-5-11-17(15)23-16-9-2-1-3-10-16;/h1-5,8-11H,6-7,12-14,20H2,(H,21,22);1H. The lowest BCUT2D eigenvalue weighted by molar-refractivity contribution is -0.126. The first kappa shape index (κ1) is 18.3. The molecule has 2 aromatic rings. The SMILES string of the molecule is Cl.NC1(C(=O)NCc2ccccc2Oc2ccccc2)CCCC1. The predicted octanol–water partition coefficient (Wildman–Crippen LogP) is 3.79. The fraction of sp³-hybridized carbons (Fsp3) is 0.316. The van der Waals surface area contributed by atoms with Gasteiger partial charge in [-0.05, 0) is 31.0 Å². The molecular formula is C19H23ClN2O2. The Morgan fingerprint density at radius 2 is 1.67 bits per heavy atom. The third-order valence-electron chi connectivity index (χ3n) is 4.33. The number of amides is 1. The second kappa shape index (κ2) is 8.18. The average Bonchev–Trinajstić information content (AvgIpc) is 3.03. The Hall–Kier alpha value is -2.04. The van der Waals surface area contributed by atoms with Crippen LogP contribution in [0.15, 0.2) is 54.6 Å². The minimum Gasteiger partial charge on any atom is -0.457 e. The summed E-state index contributed by atoms with van der Waals surface area (Å²) in [5.74, 6) is 1.46. The minimum absolute atomic E-state index is 0. The summed E-state index contributed by atoms with van der Waals surface area (Å²) in [4.78, 5) is 12.3. The Morgan fingerprint density at radius 1 is 1.04 bits per heavy atom. The van der Waals surface area contributed by atoms with Crippen molar-refractivity contribution in [3.05, 3.63) is 60.2 Å². The molecule has 128 valence electrons. The minimum atomic E-state index is -0.699. The molecule has 0 aliphatic heterocycles. The maximum Gasteiger partial charge on any atom is 0.240 e. The first-order valence-corrected chi connectivity index (χ1v) is 8.05. The van der Waals surface area contributed by atoms with Gasteiger partial charge in [0.05, 0.1) is 5.54 Å². The van der Waals surface area contributed by atoms with E-state index < -0.39 is 5.54 Å². The summed E-state index contributed by atoms with van der Waals surface area (Å²) < 4.78 is 5.91. The molecule has 0 atom stereocenters. The van der Waals surface area contributed by atoms with Crippen molar-refractivity contribution >= 4 is 18.3 Å². The van der Waals surface area contributed by atoms with Gasteiger partial charge in [-0.2, -0.15) is 0 Å². The van der Waals surface area contributed by atoms with E-state index in [2.05, 4.69) is 5.32 Å². The lowest BCUT2D eigenvalue weighted by Crippen LogP contribution is -2.51. The van der Waals surface area contributed by atoms with Crippen LogP contribution in [-0.2, 0) is 11.3 Å². The zero-order valence-electron chi connectivity index (χ0n) is 13.5. The number of halogens is 1. The van der Waals surface area contributed by atoms with Crippen molar-refractivity contribution in [3.8, 4) is 11.5 Å². The van der Waals surface area contributed by atoms with Crippen LogP contribution in [0, 0.1) is 0 Å². The number of nitrogens with two attached hydrogens (primary N) is 1. The van der Waals surface area contributed by atoms with E-state index in [1.165, 1.54) is 0 Å². The summed E-state index contributed by atoms with van der Waals surface area (Å²) in [6, 6.07) is 17.3. The monoisotopic (exact) mass is 346 g/mol. The molecule has 4 nitrogen and oxygen atoms in total. The number of benzene rings is 2. The zero-order chi connectivity index (χ0) is 16.1. The third kappa shape index (κ3) is 4.28. The van der Waals surface area contributed by atoms with Gasteiger partial charge in [0.25, 0.3) is 0 Å². The van der Waals surface area contributed by atoms with Crippen LogP contribution < -0.4 is 15.8 Å². The second-order valence-corrected chi connectivity index (χ2v) is 6.07. The number of para-hydroxylation sites is 2. The van der Waals surface area contributed by atoms with E-state index in [1.807, 2.05) is 54.6 Å². The van der Waals surface area contributed by atoms with E-state index in [-0.39, 0.29) is 18.3 Å². The van der Waals surface area contributed by atoms with Crippen molar-refractivity contribution < 1.29 is 9.53 Å². The predicted molar refractivity (Wildman–Crippen MR) is 97.4 cm³/mol. The number of ether oxygens (including phenoxy) is 1. The molecule has 1 fully saturated rings. The molecule has 2 aromatic carbocycles. The van der Waals surface area contributed by atoms with Crippen molar-refractivity contribution in [2.24, 2.45) is 5.73 Å². The maximum atomic E-state index is 12.3. The lowest BCUT2D eigenvalue weighted by atomic mass is 9.98. The van der Waals surface area contributed by atoms with Crippen molar-refractivity contribution in [1.29, 1.82) is 0 Å². The van der Waals surface area contributed by atoms with E-state index in [1.54, 1.807) is 0 Å². The molecule has 0 bridgehead atoms. The summed E-state index contributed by atoms with van der Waals surface area (Å²) in [5, 5.41) is 2.96. The van der Waals surface area contributed by atoms with Gasteiger partial charge in [-0.3, -0.25) is 4.79 Å². The van der Waals surface area contributed by atoms with Crippen molar-refractivity contribution in [3.63, 3.8) is 0 Å². The van der Waals surface area contributed by atoms with Crippen molar-refractivity contribution in [1.82, 2.24) is 5.32 Å². The molecule has 0 heterocycles. The molecule has 5 heteroatoms. The molecule has 3 N–H and O–H groups in total. The fourth-order valence-electron chi connectivity index (χ4n) is 2.95. The number of rotatable bonds is 5.